The SMILES string of the molecule is Cc1ccc(C[C@@H](CNC(=O)CO)n2c(=N)n(Cc3ccc(C)cc3)c3ccccc32)cc1. The summed E-state index contributed by atoms with van der Waals surface area (Å²) in [5.74, 6) is -0.417. The highest BCUT2D eigenvalue weighted by molar-refractivity contribution is 5.77. The van der Waals surface area contributed by atoms with E-state index < -0.39 is 12.5 Å². The smallest absolute Gasteiger partial charge is 0.245 e. The van der Waals surface area contributed by atoms with Crippen LogP contribution in [-0.2, 0) is 17.8 Å². The van der Waals surface area contributed by atoms with Gasteiger partial charge in [0.25, 0.3) is 0 Å². The Morgan fingerprint density at radius 2 is 1.48 bits per heavy atom. The Bertz CT molecular complexity index is 1300. The van der Waals surface area contributed by atoms with Gasteiger partial charge in [-0.15, -0.1) is 0 Å². The molecule has 3 aromatic carbocycles. The number of amides is 1. The lowest BCUT2D eigenvalue weighted by Gasteiger charge is -2.20. The fourth-order valence-electron chi connectivity index (χ4n) is 4.20. The number of rotatable bonds is 8. The number of carbonyl (C=O) groups excluding carboxylic acids is 1. The predicted molar refractivity (Wildman–Crippen MR) is 130 cm³/mol. The molecule has 33 heavy (non-hydrogen) atoms. The second-order valence-corrected chi connectivity index (χ2v) is 8.56. The topological polar surface area (TPSA) is 83.0 Å². The molecule has 0 saturated heterocycles. The van der Waals surface area contributed by atoms with Gasteiger partial charge in [-0.25, -0.2) is 0 Å². The van der Waals surface area contributed by atoms with Crippen molar-refractivity contribution in [3.05, 3.63) is 101 Å². The number of benzene rings is 3. The maximum Gasteiger partial charge on any atom is 0.245 e. The van der Waals surface area contributed by atoms with Crippen LogP contribution in [0.1, 0.15) is 28.3 Å². The molecule has 6 nitrogen and oxygen atoms in total. The average Bonchev–Trinajstić information content (AvgIpc) is 3.10. The van der Waals surface area contributed by atoms with Crippen molar-refractivity contribution in [2.24, 2.45) is 0 Å². The highest BCUT2D eigenvalue weighted by Gasteiger charge is 2.20. The minimum atomic E-state index is -0.551. The molecular formula is C27H30N4O2. The second kappa shape index (κ2) is 9.88. The van der Waals surface area contributed by atoms with Crippen molar-refractivity contribution in [1.82, 2.24) is 14.5 Å². The molecule has 1 amide bonds. The van der Waals surface area contributed by atoms with E-state index >= 15 is 0 Å². The lowest BCUT2D eigenvalue weighted by Crippen LogP contribution is -2.37. The minimum absolute atomic E-state index is 0.181. The van der Waals surface area contributed by atoms with Gasteiger partial charge in [-0.1, -0.05) is 71.8 Å². The first-order valence-electron chi connectivity index (χ1n) is 11.2. The summed E-state index contributed by atoms with van der Waals surface area (Å²) in [6.07, 6.45) is 0.654. The summed E-state index contributed by atoms with van der Waals surface area (Å²) >= 11 is 0. The molecule has 1 aromatic heterocycles. The van der Waals surface area contributed by atoms with Crippen molar-refractivity contribution in [1.29, 1.82) is 5.41 Å². The molecule has 0 fully saturated rings. The van der Waals surface area contributed by atoms with Crippen LogP contribution < -0.4 is 10.9 Å². The Morgan fingerprint density at radius 1 is 0.909 bits per heavy atom. The monoisotopic (exact) mass is 442 g/mol. The standard InChI is InChI=1S/C27H30N4O2/c1-19-7-11-21(12-8-19)15-23(16-29-26(33)18-32)31-25-6-4-3-5-24(25)30(27(31)28)17-22-13-9-20(2)10-14-22/h3-14,23,28,32H,15-18H2,1-2H3,(H,29,33)/t23-/m0/s1. The van der Waals surface area contributed by atoms with E-state index in [-0.39, 0.29) is 6.04 Å². The van der Waals surface area contributed by atoms with Crippen LogP contribution in [-0.4, -0.2) is 33.3 Å². The van der Waals surface area contributed by atoms with Gasteiger partial charge in [0.1, 0.15) is 6.61 Å². The molecule has 1 atom stereocenters. The van der Waals surface area contributed by atoms with Crippen molar-refractivity contribution in [2.45, 2.75) is 32.9 Å². The van der Waals surface area contributed by atoms with Gasteiger partial charge in [-0.05, 0) is 43.5 Å². The van der Waals surface area contributed by atoms with Crippen molar-refractivity contribution in [3.8, 4) is 0 Å². The van der Waals surface area contributed by atoms with Crippen LogP contribution in [0, 0.1) is 19.3 Å². The highest BCUT2D eigenvalue weighted by Crippen LogP contribution is 2.21. The number of aryl methyl sites for hydroxylation is 2. The van der Waals surface area contributed by atoms with Gasteiger partial charge in [0.15, 0.2) is 0 Å². The molecular weight excluding hydrogens is 412 g/mol. The number of nitrogens with one attached hydrogen (secondary N) is 2. The molecule has 3 N–H and O–H groups in total. The fourth-order valence-corrected chi connectivity index (χ4v) is 4.20. The quantitative estimate of drug-likeness (QED) is 0.390. The third-order valence-electron chi connectivity index (χ3n) is 6.01. The van der Waals surface area contributed by atoms with E-state index in [0.717, 1.165) is 22.2 Å². The molecule has 170 valence electrons. The Labute approximate surface area is 193 Å². The van der Waals surface area contributed by atoms with E-state index in [0.29, 0.717) is 25.1 Å². The van der Waals surface area contributed by atoms with Gasteiger partial charge in [0.05, 0.1) is 23.6 Å². The summed E-state index contributed by atoms with van der Waals surface area (Å²) < 4.78 is 4.01. The summed E-state index contributed by atoms with van der Waals surface area (Å²) in [5.41, 5.74) is 6.96. The third-order valence-corrected chi connectivity index (χ3v) is 6.01. The van der Waals surface area contributed by atoms with Crippen molar-refractivity contribution >= 4 is 16.9 Å². The maximum atomic E-state index is 11.8. The Balaban J connectivity index is 1.78. The van der Waals surface area contributed by atoms with Crippen LogP contribution in [0.15, 0.2) is 72.8 Å². The molecule has 0 saturated carbocycles. The second-order valence-electron chi connectivity index (χ2n) is 8.56. The van der Waals surface area contributed by atoms with E-state index in [9.17, 15) is 9.90 Å². The first-order valence-corrected chi connectivity index (χ1v) is 11.2. The molecule has 4 aromatic rings. The van der Waals surface area contributed by atoms with Crippen molar-refractivity contribution in [3.63, 3.8) is 0 Å². The van der Waals surface area contributed by atoms with Gasteiger partial charge in [-0.3, -0.25) is 10.2 Å². The summed E-state index contributed by atoms with van der Waals surface area (Å²) in [7, 11) is 0. The van der Waals surface area contributed by atoms with Gasteiger partial charge < -0.3 is 19.6 Å². The van der Waals surface area contributed by atoms with E-state index in [4.69, 9.17) is 5.41 Å². The Hall–Kier alpha value is -3.64. The molecule has 1 heterocycles. The average molecular weight is 443 g/mol. The summed E-state index contributed by atoms with van der Waals surface area (Å²) in [6, 6.07) is 24.5. The Morgan fingerprint density at radius 3 is 2.09 bits per heavy atom. The van der Waals surface area contributed by atoms with Gasteiger partial charge in [-0.2, -0.15) is 0 Å². The summed E-state index contributed by atoms with van der Waals surface area (Å²) in [5, 5.41) is 21.1. The Kier molecular flexibility index (Phi) is 6.75. The number of aliphatic hydroxyl groups is 1. The van der Waals surface area contributed by atoms with Crippen LogP contribution in [0.2, 0.25) is 0 Å². The van der Waals surface area contributed by atoms with Crippen molar-refractivity contribution < 1.29 is 9.90 Å². The molecule has 0 aliphatic rings. The van der Waals surface area contributed by atoms with Crippen LogP contribution >= 0.6 is 0 Å². The van der Waals surface area contributed by atoms with Crippen LogP contribution in [0.25, 0.3) is 11.0 Å². The zero-order valence-electron chi connectivity index (χ0n) is 19.1. The van der Waals surface area contributed by atoms with E-state index in [1.54, 1.807) is 0 Å². The maximum absolute atomic E-state index is 11.8. The van der Waals surface area contributed by atoms with E-state index in [1.807, 2.05) is 33.4 Å². The minimum Gasteiger partial charge on any atom is -0.387 e. The number of fused-ring (bicyclic) bond motifs is 1. The number of imidazole rings is 1. The molecule has 4 rings (SSSR count). The van der Waals surface area contributed by atoms with Gasteiger partial charge in [0.2, 0.25) is 11.5 Å². The van der Waals surface area contributed by atoms with Crippen LogP contribution in [0.5, 0.6) is 0 Å². The zero-order chi connectivity index (χ0) is 23.4. The van der Waals surface area contributed by atoms with Gasteiger partial charge >= 0.3 is 0 Å². The number of nitrogens with zero attached hydrogens (tertiary/aromatic N) is 2. The van der Waals surface area contributed by atoms with Crippen molar-refractivity contribution in [2.75, 3.05) is 13.2 Å². The van der Waals surface area contributed by atoms with E-state index in [2.05, 4.69) is 67.7 Å². The number of para-hydroxylation sites is 2. The van der Waals surface area contributed by atoms with E-state index in [1.165, 1.54) is 11.1 Å². The lowest BCUT2D eigenvalue weighted by atomic mass is 10.0. The molecule has 0 aliphatic carbocycles. The lowest BCUT2D eigenvalue weighted by molar-refractivity contribution is -0.123. The first-order chi connectivity index (χ1) is 16.0. The normalized spacial score (nSPS) is 12.1. The molecule has 0 unspecified atom stereocenters. The predicted octanol–water partition coefficient (Wildman–Crippen LogP) is 3.48. The third kappa shape index (κ3) is 5.07. The fraction of sp³-hybridized carbons (Fsp3) is 0.259. The zero-order valence-corrected chi connectivity index (χ0v) is 19.1. The van der Waals surface area contributed by atoms with Crippen LogP contribution in [0.3, 0.4) is 0 Å². The highest BCUT2D eigenvalue weighted by atomic mass is 16.3. The number of hydrogen-bond donors (Lipinski definition) is 3. The largest absolute Gasteiger partial charge is 0.387 e. The number of aromatic nitrogens is 2. The molecule has 0 bridgehead atoms. The number of hydrogen-bond acceptors (Lipinski definition) is 3. The summed E-state index contributed by atoms with van der Waals surface area (Å²) in [4.78, 5) is 11.8. The molecule has 6 heteroatoms. The molecule has 0 spiro atoms. The first kappa shape index (κ1) is 22.6. The molecule has 0 aliphatic heterocycles. The number of carbonyl (C=O) groups is 1. The van der Waals surface area contributed by atoms with Crippen LogP contribution in [0.4, 0.5) is 0 Å². The van der Waals surface area contributed by atoms with Gasteiger partial charge in [0, 0.05) is 6.54 Å². The number of aliphatic hydroxyl groups excluding tert-OH is 1. The summed E-state index contributed by atoms with van der Waals surface area (Å²) in [6.45, 7) is 4.48. The molecule has 0 radical (unpaired) electrons.